The number of hydrogen-bond donors (Lipinski definition) is 1. The quantitative estimate of drug-likeness (QED) is 0.478. The van der Waals surface area contributed by atoms with Gasteiger partial charge in [-0.3, -0.25) is 5.32 Å². The van der Waals surface area contributed by atoms with Crippen LogP contribution in [0.4, 0.5) is 0 Å². The van der Waals surface area contributed by atoms with Gasteiger partial charge in [-0.25, -0.2) is 0 Å². The molecule has 2 atom stereocenters. The third-order valence-electron chi connectivity index (χ3n) is 2.72. The van der Waals surface area contributed by atoms with Crippen LogP contribution in [0.1, 0.15) is 38.5 Å². The summed E-state index contributed by atoms with van der Waals surface area (Å²) in [6, 6.07) is 0.275. The van der Waals surface area contributed by atoms with Crippen molar-refractivity contribution in [3.63, 3.8) is 0 Å². The Kier molecular flexibility index (Phi) is 11.9. The smallest absolute Gasteiger partial charge is 0.258 e. The summed E-state index contributed by atoms with van der Waals surface area (Å²) in [6.45, 7) is 0. The summed E-state index contributed by atoms with van der Waals surface area (Å²) < 4.78 is 36.1. The summed E-state index contributed by atoms with van der Waals surface area (Å²) in [5, 5.41) is 3.07. The molecule has 6 nitrogen and oxygen atoms in total. The van der Waals surface area contributed by atoms with E-state index in [1.165, 1.54) is 25.7 Å². The van der Waals surface area contributed by atoms with Crippen LogP contribution >= 0.6 is 16.5 Å². The molecule has 2 unspecified atom stereocenters. The van der Waals surface area contributed by atoms with Crippen molar-refractivity contribution in [2.24, 2.45) is 0 Å². The predicted octanol–water partition coefficient (Wildman–Crippen LogP) is 2.20. The average molecular weight is 313 g/mol. The molecule has 0 spiro atoms. The van der Waals surface area contributed by atoms with Gasteiger partial charge < -0.3 is 0 Å². The zero-order chi connectivity index (χ0) is 11.4. The van der Waals surface area contributed by atoms with Crippen molar-refractivity contribution in [3.05, 3.63) is 0 Å². The van der Waals surface area contributed by atoms with Crippen molar-refractivity contribution < 1.29 is 22.5 Å². The van der Waals surface area contributed by atoms with Crippen molar-refractivity contribution >= 4 is 75.6 Å². The number of hydrogen-bond acceptors (Lipinski definition) is 6. The van der Waals surface area contributed by atoms with Gasteiger partial charge in [-0.1, -0.05) is 34.7 Å². The van der Waals surface area contributed by atoms with E-state index in [0.29, 0.717) is 0 Å². The monoisotopic (exact) mass is 313 g/mol. The molecule has 1 saturated heterocycles. The number of rotatable bonds is 2. The van der Waals surface area contributed by atoms with Gasteiger partial charge in [0.1, 0.15) is 0 Å². The van der Waals surface area contributed by atoms with Gasteiger partial charge in [0.25, 0.3) is 0 Å². The van der Waals surface area contributed by atoms with Crippen molar-refractivity contribution in [1.82, 2.24) is 5.32 Å². The molecule has 2 radical (unpaired) electrons. The summed E-state index contributed by atoms with van der Waals surface area (Å²) in [5.41, 5.74) is 0. The van der Waals surface area contributed by atoms with Crippen LogP contribution < -0.4 is 5.32 Å². The van der Waals surface area contributed by atoms with Gasteiger partial charge in [0.2, 0.25) is 0 Å². The average Bonchev–Trinajstić information content (AvgIpc) is 2.44. The van der Waals surface area contributed by atoms with Crippen LogP contribution in [0.2, 0.25) is 0 Å². The van der Waals surface area contributed by atoms with E-state index in [-0.39, 0.29) is 65.2 Å². The van der Waals surface area contributed by atoms with Crippen molar-refractivity contribution in [3.8, 4) is 0 Å². The Labute approximate surface area is 153 Å². The second-order valence-electron chi connectivity index (χ2n) is 3.93. The molecular formula is C8H15NNa2O5P2+2. The maximum absolute atomic E-state index is 11.0. The van der Waals surface area contributed by atoms with Gasteiger partial charge in [0.15, 0.2) is 4.31 Å². The molecule has 1 aliphatic heterocycles. The summed E-state index contributed by atoms with van der Waals surface area (Å²) >= 11 is 0. The van der Waals surface area contributed by atoms with E-state index in [2.05, 4.69) is 9.63 Å². The fourth-order valence-electron chi connectivity index (χ4n) is 1.97. The summed E-state index contributed by atoms with van der Waals surface area (Å²) in [6.07, 6.45) is 6.03. The molecule has 1 N–H and O–H groups in total. The van der Waals surface area contributed by atoms with Crippen molar-refractivity contribution in [2.45, 2.75) is 51.0 Å². The molecular weight excluding hydrogens is 298 g/mol. The van der Waals surface area contributed by atoms with Crippen LogP contribution in [-0.2, 0) is 22.5 Å². The largest absolute Gasteiger partial charge is 0.752 e. The van der Waals surface area contributed by atoms with Crippen LogP contribution in [0.15, 0.2) is 0 Å². The van der Waals surface area contributed by atoms with E-state index in [9.17, 15) is 9.13 Å². The molecule has 92 valence electrons. The molecule has 0 aromatic rings. The fraction of sp³-hybridized carbons (Fsp3) is 1.00. The van der Waals surface area contributed by atoms with Crippen molar-refractivity contribution in [2.75, 3.05) is 0 Å². The van der Waals surface area contributed by atoms with Crippen LogP contribution in [0, 0.1) is 0 Å². The molecule has 0 bridgehead atoms. The minimum atomic E-state index is -2.33. The van der Waals surface area contributed by atoms with E-state index in [0.717, 1.165) is 12.8 Å². The minimum Gasteiger partial charge on any atom is -0.258 e. The molecule has 0 amide bonds. The van der Waals surface area contributed by atoms with Gasteiger partial charge in [0, 0.05) is 74.3 Å². The Balaban J connectivity index is 0.00000144. The molecule has 0 aromatic heterocycles. The Morgan fingerprint density at radius 1 is 0.889 bits per heavy atom. The van der Waals surface area contributed by atoms with Crippen molar-refractivity contribution in [1.29, 1.82) is 0 Å². The van der Waals surface area contributed by atoms with E-state index < -0.39 is 22.9 Å². The Bertz CT molecular complexity index is 273. The fourth-order valence-corrected chi connectivity index (χ4v) is 3.30. The summed E-state index contributed by atoms with van der Waals surface area (Å²) in [7, 11) is -4.65. The van der Waals surface area contributed by atoms with E-state index in [1.54, 1.807) is 0 Å². The van der Waals surface area contributed by atoms with Crippen LogP contribution in [-0.4, -0.2) is 71.6 Å². The molecule has 2 rings (SSSR count). The standard InChI is InChI=1S/C8H15NO5P2.2Na/c10-15-12-8(13-16(11)14-15)9-7-5-3-1-2-4-6-7;;/h7-9H,1-6H2;;/q+2;;. The normalized spacial score (nSPS) is 29.9. The van der Waals surface area contributed by atoms with Gasteiger partial charge in [0.05, 0.1) is 0 Å². The maximum atomic E-state index is 11.0. The third kappa shape index (κ3) is 7.16. The third-order valence-corrected chi connectivity index (χ3v) is 4.52. The Hall–Kier alpha value is 2.04. The van der Waals surface area contributed by atoms with Crippen LogP contribution in [0.5, 0.6) is 0 Å². The Morgan fingerprint density at radius 3 is 1.89 bits per heavy atom. The second kappa shape index (κ2) is 10.7. The van der Waals surface area contributed by atoms with Crippen LogP contribution in [0.25, 0.3) is 0 Å². The molecule has 1 heterocycles. The zero-order valence-corrected chi connectivity index (χ0v) is 16.6. The van der Waals surface area contributed by atoms with E-state index >= 15 is 0 Å². The van der Waals surface area contributed by atoms with Gasteiger partial charge in [-0.2, -0.15) is 0 Å². The first-order valence-corrected chi connectivity index (χ1v) is 7.65. The second-order valence-corrected chi connectivity index (χ2v) is 5.90. The molecule has 1 saturated carbocycles. The molecule has 1 aliphatic carbocycles. The summed E-state index contributed by atoms with van der Waals surface area (Å²) in [4.78, 5) is 0. The molecule has 2 aliphatic rings. The first kappa shape index (κ1) is 20.0. The molecule has 10 heteroatoms. The molecule has 2 fully saturated rings. The SMILES string of the molecule is O=[P+]1OC(NC2CCCCCC2)O[P+](=O)O1.[Na].[Na]. The van der Waals surface area contributed by atoms with Gasteiger partial charge in [-0.15, -0.1) is 0 Å². The Morgan fingerprint density at radius 2 is 1.39 bits per heavy atom. The maximum Gasteiger partial charge on any atom is 0.752 e. The van der Waals surface area contributed by atoms with Gasteiger partial charge >= 0.3 is 22.9 Å². The first-order chi connectivity index (χ1) is 7.74. The topological polar surface area (TPSA) is 73.9 Å². The minimum absolute atomic E-state index is 0. The van der Waals surface area contributed by atoms with Crippen LogP contribution in [0.3, 0.4) is 0 Å². The van der Waals surface area contributed by atoms with Gasteiger partial charge in [-0.05, 0) is 12.8 Å². The number of nitrogens with one attached hydrogen (secondary N) is 1. The van der Waals surface area contributed by atoms with E-state index in [4.69, 9.17) is 9.05 Å². The first-order valence-electron chi connectivity index (χ1n) is 5.46. The van der Waals surface area contributed by atoms with E-state index in [1.807, 2.05) is 0 Å². The molecule has 18 heavy (non-hydrogen) atoms. The predicted molar refractivity (Wildman–Crippen MR) is 68.4 cm³/mol. The molecule has 0 aromatic carbocycles. The zero-order valence-electron chi connectivity index (χ0n) is 10.8. The summed E-state index contributed by atoms with van der Waals surface area (Å²) in [5.74, 6) is 0.